The molecule has 0 aromatic rings. The molecule has 0 bridgehead atoms. The van der Waals surface area contributed by atoms with Crippen LogP contribution in [0.4, 0.5) is 0 Å². The van der Waals surface area contributed by atoms with Gasteiger partial charge in [0.1, 0.15) is 0 Å². The number of aliphatic hydroxyl groups excluding tert-OH is 4. The first-order valence-electron chi connectivity index (χ1n) is 7.90. The van der Waals surface area contributed by atoms with Crippen LogP contribution >= 0.6 is 0 Å². The Labute approximate surface area is 139 Å². The van der Waals surface area contributed by atoms with Gasteiger partial charge in [0, 0.05) is 40.3 Å². The zero-order chi connectivity index (χ0) is 17.9. The largest absolute Gasteiger partial charge is 0.500 e. The van der Waals surface area contributed by atoms with Crippen LogP contribution in [0.15, 0.2) is 0 Å². The van der Waals surface area contributed by atoms with Crippen molar-refractivity contribution in [3.8, 4) is 0 Å². The number of hydrogen-bond acceptors (Lipinski definition) is 8. The molecule has 0 fully saturated rings. The smallest absolute Gasteiger partial charge is 0.393 e. The molecular formula is C14H33NO7Si. The van der Waals surface area contributed by atoms with Gasteiger partial charge < -0.3 is 39.4 Å². The van der Waals surface area contributed by atoms with Crippen molar-refractivity contribution >= 4 is 8.80 Å². The van der Waals surface area contributed by atoms with Gasteiger partial charge in [0.05, 0.1) is 24.4 Å². The molecule has 4 atom stereocenters. The molecule has 0 radical (unpaired) electrons. The summed E-state index contributed by atoms with van der Waals surface area (Å²) in [5.74, 6) is 0. The third kappa shape index (κ3) is 9.70. The van der Waals surface area contributed by atoms with Gasteiger partial charge in [-0.25, -0.2) is 0 Å². The number of rotatable bonds is 14. The highest BCUT2D eigenvalue weighted by molar-refractivity contribution is 6.60. The minimum atomic E-state index is -2.63. The lowest BCUT2D eigenvalue weighted by Gasteiger charge is -2.25. The molecule has 0 rings (SSSR count). The van der Waals surface area contributed by atoms with E-state index in [-0.39, 0.29) is 25.8 Å². The third-order valence-electron chi connectivity index (χ3n) is 3.86. The number of hydrogen-bond donors (Lipinski definition) is 5. The van der Waals surface area contributed by atoms with Gasteiger partial charge in [-0.15, -0.1) is 0 Å². The summed E-state index contributed by atoms with van der Waals surface area (Å²) in [4.78, 5) is 0. The van der Waals surface area contributed by atoms with Crippen molar-refractivity contribution in [3.63, 3.8) is 0 Å². The topological polar surface area (TPSA) is 135 Å². The van der Waals surface area contributed by atoms with Crippen LogP contribution in [-0.4, -0.2) is 81.5 Å². The molecule has 0 aromatic heterocycles. The Morgan fingerprint density at radius 2 is 1.22 bits per heavy atom. The predicted molar refractivity (Wildman–Crippen MR) is 87.8 cm³/mol. The van der Waals surface area contributed by atoms with Crippen LogP contribution in [0.3, 0.4) is 0 Å². The highest BCUT2D eigenvalue weighted by Crippen LogP contribution is 2.19. The van der Waals surface area contributed by atoms with Gasteiger partial charge in [-0.3, -0.25) is 0 Å². The van der Waals surface area contributed by atoms with Gasteiger partial charge >= 0.3 is 8.80 Å². The zero-order valence-electron chi connectivity index (χ0n) is 14.4. The van der Waals surface area contributed by atoms with E-state index in [1.165, 1.54) is 21.3 Å². The quantitative estimate of drug-likeness (QED) is 0.256. The van der Waals surface area contributed by atoms with E-state index in [0.717, 1.165) is 0 Å². The molecule has 23 heavy (non-hydrogen) atoms. The van der Waals surface area contributed by atoms with Crippen LogP contribution in [0.2, 0.25) is 6.04 Å². The molecule has 0 amide bonds. The summed E-state index contributed by atoms with van der Waals surface area (Å²) in [6.45, 7) is 0.0694. The molecule has 9 heteroatoms. The second kappa shape index (κ2) is 12.3. The van der Waals surface area contributed by atoms with Crippen molar-refractivity contribution in [3.05, 3.63) is 0 Å². The summed E-state index contributed by atoms with van der Waals surface area (Å²) >= 11 is 0. The molecule has 0 saturated carbocycles. The highest BCUT2D eigenvalue weighted by Gasteiger charge is 2.37. The lowest BCUT2D eigenvalue weighted by atomic mass is 10.00. The van der Waals surface area contributed by atoms with Crippen LogP contribution in [-0.2, 0) is 13.3 Å². The summed E-state index contributed by atoms with van der Waals surface area (Å²) in [6.07, 6.45) is -1.64. The van der Waals surface area contributed by atoms with Crippen LogP contribution < -0.4 is 5.73 Å². The average molecular weight is 356 g/mol. The lowest BCUT2D eigenvalue weighted by molar-refractivity contribution is 0.0186. The Balaban J connectivity index is 4.02. The Bertz CT molecular complexity index is 286. The van der Waals surface area contributed by atoms with Crippen molar-refractivity contribution in [2.24, 2.45) is 5.73 Å². The highest BCUT2D eigenvalue weighted by atomic mass is 28.4. The molecule has 0 spiro atoms. The van der Waals surface area contributed by atoms with Crippen LogP contribution in [0, 0.1) is 0 Å². The molecule has 8 nitrogen and oxygen atoms in total. The maximum atomic E-state index is 9.96. The van der Waals surface area contributed by atoms with Crippen molar-refractivity contribution in [1.82, 2.24) is 0 Å². The molecule has 6 N–H and O–H groups in total. The van der Waals surface area contributed by atoms with E-state index in [9.17, 15) is 20.4 Å². The van der Waals surface area contributed by atoms with E-state index < -0.39 is 33.2 Å². The Kier molecular flexibility index (Phi) is 12.2. The second-order valence-electron chi connectivity index (χ2n) is 5.75. The fourth-order valence-electron chi connectivity index (χ4n) is 2.46. The maximum absolute atomic E-state index is 9.96. The van der Waals surface area contributed by atoms with Crippen molar-refractivity contribution < 1.29 is 33.7 Å². The summed E-state index contributed by atoms with van der Waals surface area (Å²) < 4.78 is 15.9. The predicted octanol–water partition coefficient (Wildman–Crippen LogP) is -0.783. The van der Waals surface area contributed by atoms with E-state index in [1.54, 1.807) is 0 Å². The minimum Gasteiger partial charge on any atom is -0.393 e. The zero-order valence-corrected chi connectivity index (χ0v) is 15.4. The first-order valence-corrected chi connectivity index (χ1v) is 9.83. The molecule has 0 aliphatic heterocycles. The molecule has 140 valence electrons. The SMILES string of the molecule is CO[Si](CCCC(O)CC(O)CC(O)CC(O)CN)(OC)OC. The molecular weight excluding hydrogens is 322 g/mol. The summed E-state index contributed by atoms with van der Waals surface area (Å²) in [7, 11) is 1.99. The fraction of sp³-hybridized carbons (Fsp3) is 1.00. The van der Waals surface area contributed by atoms with Gasteiger partial charge in [0.25, 0.3) is 0 Å². The van der Waals surface area contributed by atoms with Gasteiger partial charge in [0.15, 0.2) is 0 Å². The standard InChI is InChI=1S/C14H33NO7Si/c1-20-23(21-2,22-3)6-4-5-11(16)7-12(17)8-13(18)9-14(19)10-15/h11-14,16-19H,4-10,15H2,1-3H3. The summed E-state index contributed by atoms with van der Waals surface area (Å²) in [5, 5.41) is 38.9. The average Bonchev–Trinajstić information content (AvgIpc) is 2.51. The molecule has 4 unspecified atom stereocenters. The van der Waals surface area contributed by atoms with E-state index in [2.05, 4.69) is 0 Å². The Morgan fingerprint density at radius 3 is 1.65 bits per heavy atom. The number of nitrogens with two attached hydrogens (primary N) is 1. The van der Waals surface area contributed by atoms with Crippen LogP contribution in [0.5, 0.6) is 0 Å². The van der Waals surface area contributed by atoms with Gasteiger partial charge in [-0.2, -0.15) is 0 Å². The van der Waals surface area contributed by atoms with Crippen molar-refractivity contribution in [1.29, 1.82) is 0 Å². The Hall–Kier alpha value is -0.103. The molecule has 0 aliphatic rings. The first-order chi connectivity index (χ1) is 10.8. The second-order valence-corrected chi connectivity index (χ2v) is 8.84. The molecule has 0 aliphatic carbocycles. The van der Waals surface area contributed by atoms with Gasteiger partial charge in [0.2, 0.25) is 0 Å². The van der Waals surface area contributed by atoms with E-state index >= 15 is 0 Å². The number of aliphatic hydroxyl groups is 4. The maximum Gasteiger partial charge on any atom is 0.500 e. The van der Waals surface area contributed by atoms with E-state index in [0.29, 0.717) is 18.9 Å². The molecule has 0 saturated heterocycles. The Morgan fingerprint density at radius 1 is 0.783 bits per heavy atom. The van der Waals surface area contributed by atoms with Gasteiger partial charge in [-0.1, -0.05) is 0 Å². The minimum absolute atomic E-state index is 0.0694. The lowest BCUT2D eigenvalue weighted by Crippen LogP contribution is -2.42. The first kappa shape index (κ1) is 22.9. The van der Waals surface area contributed by atoms with Crippen LogP contribution in [0.1, 0.15) is 32.1 Å². The molecule has 0 aromatic carbocycles. The normalized spacial score (nSPS) is 17.7. The van der Waals surface area contributed by atoms with Crippen molar-refractivity contribution in [2.45, 2.75) is 62.6 Å². The van der Waals surface area contributed by atoms with E-state index in [1.807, 2.05) is 0 Å². The fourth-order valence-corrected chi connectivity index (χ4v) is 4.21. The summed E-state index contributed by atoms with van der Waals surface area (Å²) in [5.41, 5.74) is 5.27. The molecule has 0 heterocycles. The summed E-state index contributed by atoms with van der Waals surface area (Å²) in [6, 6.07) is 0.578. The van der Waals surface area contributed by atoms with E-state index in [4.69, 9.17) is 19.0 Å². The third-order valence-corrected chi connectivity index (χ3v) is 6.69. The monoisotopic (exact) mass is 355 g/mol. The van der Waals surface area contributed by atoms with Crippen LogP contribution in [0.25, 0.3) is 0 Å². The van der Waals surface area contributed by atoms with Gasteiger partial charge in [-0.05, 0) is 25.7 Å². The van der Waals surface area contributed by atoms with Crippen molar-refractivity contribution in [2.75, 3.05) is 27.9 Å².